The number of benzene rings is 1. The quantitative estimate of drug-likeness (QED) is 0.426. The predicted molar refractivity (Wildman–Crippen MR) is 156 cm³/mol. The highest BCUT2D eigenvalue weighted by Gasteiger charge is 2.63. The third-order valence-corrected chi connectivity index (χ3v) is 11.3. The Morgan fingerprint density at radius 2 is 1.91 bits per heavy atom. The van der Waals surface area contributed by atoms with Gasteiger partial charge < -0.3 is 15.0 Å². The summed E-state index contributed by atoms with van der Waals surface area (Å²) in [7, 11) is -2.25. The van der Waals surface area contributed by atoms with Crippen LogP contribution in [0.3, 0.4) is 0 Å². The molecular weight excluding hydrogens is 574 g/mol. The molecule has 5 atom stereocenters. The number of nitrogens with one attached hydrogen (secondary N) is 3. The number of hydrogen-bond acceptors (Lipinski definition) is 8. The lowest BCUT2D eigenvalue weighted by atomic mass is 9.93. The highest BCUT2D eigenvalue weighted by Crippen LogP contribution is 2.48. The smallest absolute Gasteiger partial charge is 0.411 e. The van der Waals surface area contributed by atoms with Gasteiger partial charge in [0.2, 0.25) is 21.8 Å². The molecule has 5 rings (SSSR count). The molecular formula is C30H37N5O7S. The van der Waals surface area contributed by atoms with E-state index in [2.05, 4.69) is 15.4 Å². The van der Waals surface area contributed by atoms with Gasteiger partial charge >= 0.3 is 6.09 Å². The molecule has 4 aliphatic rings. The molecule has 0 unspecified atom stereocenters. The summed E-state index contributed by atoms with van der Waals surface area (Å²) in [5.74, 6) is -3.67. The van der Waals surface area contributed by atoms with Gasteiger partial charge in [-0.2, -0.15) is 5.26 Å². The molecule has 13 heteroatoms. The van der Waals surface area contributed by atoms with Crippen LogP contribution < -0.4 is 15.4 Å². The maximum atomic E-state index is 13.8. The lowest BCUT2D eigenvalue weighted by Gasteiger charge is -2.27. The largest absolute Gasteiger partial charge is 0.446 e. The lowest BCUT2D eigenvalue weighted by molar-refractivity contribution is -0.140. The van der Waals surface area contributed by atoms with E-state index in [0.717, 1.165) is 19.3 Å². The van der Waals surface area contributed by atoms with Crippen molar-refractivity contribution in [2.45, 2.75) is 74.7 Å². The molecule has 3 saturated carbocycles. The summed E-state index contributed by atoms with van der Waals surface area (Å²) in [4.78, 5) is 55.1. The molecule has 43 heavy (non-hydrogen) atoms. The summed E-state index contributed by atoms with van der Waals surface area (Å²) in [6, 6.07) is 8.31. The Balaban J connectivity index is 1.35. The van der Waals surface area contributed by atoms with E-state index in [1.165, 1.54) is 6.07 Å². The van der Waals surface area contributed by atoms with Gasteiger partial charge in [0.05, 0.1) is 28.2 Å². The van der Waals surface area contributed by atoms with Gasteiger partial charge in [-0.3, -0.25) is 24.4 Å². The molecule has 0 aromatic heterocycles. The van der Waals surface area contributed by atoms with Crippen molar-refractivity contribution >= 4 is 39.5 Å². The molecule has 1 aliphatic heterocycles. The van der Waals surface area contributed by atoms with E-state index in [4.69, 9.17) is 10.00 Å². The molecule has 0 spiro atoms. The van der Waals surface area contributed by atoms with E-state index < -0.39 is 56.2 Å². The van der Waals surface area contributed by atoms with E-state index >= 15 is 0 Å². The van der Waals surface area contributed by atoms with E-state index in [1.807, 2.05) is 18.2 Å². The first-order valence-corrected chi connectivity index (χ1v) is 16.1. The number of rotatable bonds is 5. The number of ether oxygens (including phenoxy) is 1. The van der Waals surface area contributed by atoms with E-state index in [9.17, 15) is 27.6 Å². The van der Waals surface area contributed by atoms with Crippen molar-refractivity contribution in [1.29, 1.82) is 5.26 Å². The van der Waals surface area contributed by atoms with E-state index in [0.29, 0.717) is 30.6 Å². The van der Waals surface area contributed by atoms with Crippen LogP contribution in [0.4, 0.5) is 10.5 Å². The summed E-state index contributed by atoms with van der Waals surface area (Å²) in [5, 5.41) is 14.5. The average molecular weight is 612 g/mol. The Morgan fingerprint density at radius 3 is 2.63 bits per heavy atom. The zero-order valence-corrected chi connectivity index (χ0v) is 25.1. The van der Waals surface area contributed by atoms with Crippen LogP contribution in [-0.2, 0) is 29.1 Å². The van der Waals surface area contributed by atoms with Gasteiger partial charge in [0.1, 0.15) is 11.6 Å². The molecule has 3 fully saturated rings. The van der Waals surface area contributed by atoms with Crippen LogP contribution in [0.15, 0.2) is 36.4 Å². The minimum Gasteiger partial charge on any atom is -0.446 e. The van der Waals surface area contributed by atoms with Crippen molar-refractivity contribution in [1.82, 2.24) is 14.9 Å². The van der Waals surface area contributed by atoms with E-state index in [1.54, 1.807) is 37.1 Å². The number of fused-ring (bicyclic) bond motifs is 2. The average Bonchev–Trinajstić information content (AvgIpc) is 3.84. The fourth-order valence-electron chi connectivity index (χ4n) is 5.96. The fraction of sp³-hybridized carbons (Fsp3) is 0.567. The Hall–Kier alpha value is -3.92. The standard InChI is InChI=1S/C30H37N5O7S/c1-29(11-12-29)43(40,41)34-27(38)30-17-20(30)9-5-3-4-6-13-35(2)26(37)24-16-22(15-23(24)25(36)33-30)42-28(39)32-21-10-7-8-19(14-21)18-31/h5,7-10,14,20,22-24H,3-4,6,11-13,15-17H2,1-2H3,(H,32,39)(H,33,36)(H,34,38)/t20-,22-,23-,24-,30-/m1/s1. The van der Waals surface area contributed by atoms with Crippen LogP contribution in [0.5, 0.6) is 0 Å². The molecule has 12 nitrogen and oxygen atoms in total. The Labute approximate surface area is 251 Å². The highest BCUT2D eigenvalue weighted by atomic mass is 32.2. The first-order chi connectivity index (χ1) is 20.4. The van der Waals surface area contributed by atoms with Gasteiger partial charge in [0, 0.05) is 25.2 Å². The first kappa shape index (κ1) is 30.5. The molecule has 1 aromatic rings. The van der Waals surface area contributed by atoms with Crippen LogP contribution in [0, 0.1) is 29.1 Å². The molecule has 0 bridgehead atoms. The number of nitrogens with zero attached hydrogens (tertiary/aromatic N) is 2. The minimum absolute atomic E-state index is 0.0519. The maximum absolute atomic E-state index is 13.8. The highest BCUT2D eigenvalue weighted by molar-refractivity contribution is 7.91. The van der Waals surface area contributed by atoms with Crippen LogP contribution >= 0.6 is 0 Å². The zero-order valence-electron chi connectivity index (χ0n) is 24.3. The second kappa shape index (κ2) is 11.6. The molecule has 3 aliphatic carbocycles. The van der Waals surface area contributed by atoms with Gasteiger partial charge in [0.15, 0.2) is 0 Å². The Bertz CT molecular complexity index is 1500. The topological polar surface area (TPSA) is 175 Å². The first-order valence-electron chi connectivity index (χ1n) is 14.7. The van der Waals surface area contributed by atoms with Crippen LogP contribution in [0.25, 0.3) is 0 Å². The van der Waals surface area contributed by atoms with Gasteiger partial charge in [-0.1, -0.05) is 18.2 Å². The van der Waals surface area contributed by atoms with Crippen LogP contribution in [-0.4, -0.2) is 67.1 Å². The summed E-state index contributed by atoms with van der Waals surface area (Å²) >= 11 is 0. The molecule has 230 valence electrons. The van der Waals surface area contributed by atoms with E-state index in [-0.39, 0.29) is 31.1 Å². The second-order valence-corrected chi connectivity index (χ2v) is 14.6. The Kier molecular flexibility index (Phi) is 8.26. The van der Waals surface area contributed by atoms with Crippen LogP contribution in [0.2, 0.25) is 0 Å². The van der Waals surface area contributed by atoms with Gasteiger partial charge in [-0.25, -0.2) is 13.2 Å². The molecule has 4 amide bonds. The normalized spacial score (nSPS) is 30.0. The summed E-state index contributed by atoms with van der Waals surface area (Å²) < 4.78 is 32.6. The number of sulfonamides is 1. The van der Waals surface area contributed by atoms with Crippen molar-refractivity contribution in [2.24, 2.45) is 17.8 Å². The monoisotopic (exact) mass is 611 g/mol. The van der Waals surface area contributed by atoms with Gasteiger partial charge in [-0.15, -0.1) is 0 Å². The summed E-state index contributed by atoms with van der Waals surface area (Å²) in [5.41, 5.74) is -0.722. The van der Waals surface area contributed by atoms with Crippen molar-refractivity contribution < 1.29 is 32.3 Å². The van der Waals surface area contributed by atoms with Crippen molar-refractivity contribution in [2.75, 3.05) is 18.9 Å². The number of hydrogen-bond donors (Lipinski definition) is 3. The number of allylic oxidation sites excluding steroid dienone is 1. The molecule has 3 N–H and O–H groups in total. The number of nitriles is 1. The third-order valence-electron chi connectivity index (χ3n) is 9.14. The molecule has 0 saturated heterocycles. The zero-order chi connectivity index (χ0) is 31.0. The number of carbonyl (C=O) groups excluding carboxylic acids is 4. The SMILES string of the molecule is CN1CCCCC=C[C@@H]2C[C@@]2(C(=O)NS(=O)(=O)C2(C)CC2)NC(=O)[C@@H]2C[C@@H](OC(=O)Nc3cccc(C#N)c3)C[C@H]2C1=O. The number of anilines is 1. The number of carbonyl (C=O) groups is 4. The second-order valence-electron chi connectivity index (χ2n) is 12.4. The van der Waals surface area contributed by atoms with Crippen LogP contribution in [0.1, 0.15) is 63.9 Å². The fourth-order valence-corrected chi connectivity index (χ4v) is 7.27. The van der Waals surface area contributed by atoms with Gasteiger partial charge in [0.25, 0.3) is 5.91 Å². The summed E-state index contributed by atoms with van der Waals surface area (Å²) in [6.45, 7) is 2.09. The maximum Gasteiger partial charge on any atom is 0.411 e. The molecule has 1 aromatic carbocycles. The third kappa shape index (κ3) is 6.39. The molecule has 1 heterocycles. The summed E-state index contributed by atoms with van der Waals surface area (Å²) in [6.07, 6.45) is 5.83. The van der Waals surface area contributed by atoms with Crippen molar-refractivity contribution in [3.05, 3.63) is 42.0 Å². The predicted octanol–water partition coefficient (Wildman–Crippen LogP) is 2.57. The van der Waals surface area contributed by atoms with Crippen molar-refractivity contribution in [3.8, 4) is 6.07 Å². The number of amides is 4. The van der Waals surface area contributed by atoms with Gasteiger partial charge in [-0.05, 0) is 76.5 Å². The molecule has 0 radical (unpaired) electrons. The Morgan fingerprint density at radius 1 is 1.16 bits per heavy atom. The minimum atomic E-state index is -3.93. The lowest BCUT2D eigenvalue weighted by Crippen LogP contribution is -2.55. The van der Waals surface area contributed by atoms with Crippen molar-refractivity contribution in [3.63, 3.8) is 0 Å².